The van der Waals surface area contributed by atoms with Crippen LogP contribution < -0.4 is 0 Å². The van der Waals surface area contributed by atoms with Gasteiger partial charge >= 0.3 is 0 Å². The van der Waals surface area contributed by atoms with Crippen molar-refractivity contribution in [2.24, 2.45) is 0 Å². The molecule has 0 aliphatic heterocycles. The lowest BCUT2D eigenvalue weighted by Gasteiger charge is -2.02. The van der Waals surface area contributed by atoms with Crippen molar-refractivity contribution in [1.29, 1.82) is 0 Å². The number of nitrogens with zero attached hydrogens (tertiary/aromatic N) is 3. The monoisotopic (exact) mass is 286 g/mol. The molecule has 0 saturated carbocycles. The second kappa shape index (κ2) is 5.07. The Balaban J connectivity index is 1.86. The average molecular weight is 286 g/mol. The van der Waals surface area contributed by atoms with Crippen molar-refractivity contribution < 1.29 is 0 Å². The quantitative estimate of drug-likeness (QED) is 0.606. The van der Waals surface area contributed by atoms with Crippen LogP contribution in [0.2, 0.25) is 0 Å². The van der Waals surface area contributed by atoms with Crippen LogP contribution in [0, 0.1) is 6.92 Å². The fraction of sp³-hybridized carbons (Fsp3) is 0.0556. The van der Waals surface area contributed by atoms with Crippen LogP contribution >= 0.6 is 0 Å². The predicted octanol–water partition coefficient (Wildman–Crippen LogP) is 4.00. The summed E-state index contributed by atoms with van der Waals surface area (Å²) < 4.78 is 0. The number of benzene rings is 2. The van der Waals surface area contributed by atoms with Gasteiger partial charge in [0.1, 0.15) is 5.69 Å². The Hall–Kier alpha value is -3.01. The van der Waals surface area contributed by atoms with Crippen LogP contribution in [0.3, 0.4) is 0 Å². The van der Waals surface area contributed by atoms with E-state index < -0.39 is 0 Å². The highest BCUT2D eigenvalue weighted by Crippen LogP contribution is 2.27. The molecule has 0 aliphatic carbocycles. The lowest BCUT2D eigenvalue weighted by molar-refractivity contribution is 1.08. The fourth-order valence-electron chi connectivity index (χ4n) is 2.64. The van der Waals surface area contributed by atoms with Crippen LogP contribution in [-0.2, 0) is 0 Å². The van der Waals surface area contributed by atoms with E-state index in [0.29, 0.717) is 5.82 Å². The Morgan fingerprint density at radius 3 is 2.68 bits per heavy atom. The van der Waals surface area contributed by atoms with Crippen molar-refractivity contribution in [3.8, 4) is 22.9 Å². The maximum absolute atomic E-state index is 4.63. The SMILES string of the molecule is Cc1cccnc1-c1n[nH]c(-c2cccc3ccccc23)n1. The Labute approximate surface area is 127 Å². The number of fused-ring (bicyclic) bond motifs is 1. The van der Waals surface area contributed by atoms with E-state index in [1.807, 2.05) is 37.3 Å². The predicted molar refractivity (Wildman–Crippen MR) is 87.3 cm³/mol. The first-order valence-corrected chi connectivity index (χ1v) is 7.15. The lowest BCUT2D eigenvalue weighted by atomic mass is 10.0. The normalized spacial score (nSPS) is 11.0. The summed E-state index contributed by atoms with van der Waals surface area (Å²) in [5, 5.41) is 9.72. The van der Waals surface area contributed by atoms with E-state index >= 15 is 0 Å². The van der Waals surface area contributed by atoms with Crippen LogP contribution in [0.5, 0.6) is 0 Å². The van der Waals surface area contributed by atoms with Gasteiger partial charge in [-0.05, 0) is 29.3 Å². The molecule has 0 saturated heterocycles. The zero-order valence-electron chi connectivity index (χ0n) is 12.1. The van der Waals surface area contributed by atoms with E-state index in [0.717, 1.165) is 28.0 Å². The molecule has 0 aliphatic rings. The molecule has 0 atom stereocenters. The standard InChI is InChI=1S/C18H14N4/c1-12-6-5-11-19-16(12)18-20-17(21-22-18)15-10-4-8-13-7-2-3-9-14(13)15/h2-11H,1H3,(H,20,21,22). The highest BCUT2D eigenvalue weighted by molar-refractivity contribution is 5.95. The number of rotatable bonds is 2. The van der Waals surface area contributed by atoms with Gasteiger partial charge in [0.2, 0.25) is 0 Å². The Bertz CT molecular complexity index is 951. The molecular weight excluding hydrogens is 272 g/mol. The highest BCUT2D eigenvalue weighted by atomic mass is 15.2. The number of H-pyrrole nitrogens is 1. The molecule has 0 spiro atoms. The summed E-state index contributed by atoms with van der Waals surface area (Å²) in [6.45, 7) is 2.01. The zero-order chi connectivity index (χ0) is 14.9. The zero-order valence-corrected chi connectivity index (χ0v) is 12.1. The Morgan fingerprint density at radius 1 is 0.909 bits per heavy atom. The number of hydrogen-bond acceptors (Lipinski definition) is 3. The number of hydrogen-bond donors (Lipinski definition) is 1. The van der Waals surface area contributed by atoms with Crippen molar-refractivity contribution in [2.45, 2.75) is 6.92 Å². The van der Waals surface area contributed by atoms with E-state index in [9.17, 15) is 0 Å². The van der Waals surface area contributed by atoms with E-state index in [4.69, 9.17) is 0 Å². The van der Waals surface area contributed by atoms with E-state index in [1.165, 1.54) is 5.39 Å². The summed E-state index contributed by atoms with van der Waals surface area (Å²) in [6, 6.07) is 18.4. The highest BCUT2D eigenvalue weighted by Gasteiger charge is 2.12. The molecule has 2 heterocycles. The molecule has 4 aromatic rings. The third-order valence-corrected chi connectivity index (χ3v) is 3.75. The van der Waals surface area contributed by atoms with Crippen LogP contribution in [0.4, 0.5) is 0 Å². The number of aromatic amines is 1. The number of pyridine rings is 1. The topological polar surface area (TPSA) is 54.5 Å². The third-order valence-electron chi connectivity index (χ3n) is 3.75. The van der Waals surface area contributed by atoms with E-state index in [-0.39, 0.29) is 0 Å². The summed E-state index contributed by atoms with van der Waals surface area (Å²) in [5.41, 5.74) is 2.92. The lowest BCUT2D eigenvalue weighted by Crippen LogP contribution is -1.89. The molecule has 106 valence electrons. The molecule has 4 heteroatoms. The summed E-state index contributed by atoms with van der Waals surface area (Å²) in [4.78, 5) is 9.01. The second-order valence-corrected chi connectivity index (χ2v) is 5.20. The van der Waals surface area contributed by atoms with Gasteiger partial charge in [-0.25, -0.2) is 4.98 Å². The summed E-state index contributed by atoms with van der Waals surface area (Å²) in [6.07, 6.45) is 1.76. The number of nitrogens with one attached hydrogen (secondary N) is 1. The molecular formula is C18H14N4. The minimum atomic E-state index is 0.626. The maximum Gasteiger partial charge on any atom is 0.200 e. The first-order chi connectivity index (χ1) is 10.8. The molecule has 2 aromatic heterocycles. The van der Waals surface area contributed by atoms with Crippen molar-refractivity contribution in [1.82, 2.24) is 20.2 Å². The molecule has 0 unspecified atom stereocenters. The maximum atomic E-state index is 4.63. The van der Waals surface area contributed by atoms with Crippen LogP contribution in [0.1, 0.15) is 5.56 Å². The number of aromatic nitrogens is 4. The van der Waals surface area contributed by atoms with Crippen molar-refractivity contribution in [2.75, 3.05) is 0 Å². The second-order valence-electron chi connectivity index (χ2n) is 5.20. The molecule has 0 amide bonds. The van der Waals surface area contributed by atoms with Gasteiger partial charge in [-0.1, -0.05) is 48.5 Å². The van der Waals surface area contributed by atoms with Gasteiger partial charge in [0.25, 0.3) is 0 Å². The van der Waals surface area contributed by atoms with Crippen LogP contribution in [-0.4, -0.2) is 20.2 Å². The molecule has 0 radical (unpaired) electrons. The third kappa shape index (κ3) is 2.05. The fourth-order valence-corrected chi connectivity index (χ4v) is 2.64. The van der Waals surface area contributed by atoms with Crippen molar-refractivity contribution >= 4 is 10.8 Å². The summed E-state index contributed by atoms with van der Waals surface area (Å²) in [5.74, 6) is 1.39. The van der Waals surface area contributed by atoms with Gasteiger partial charge in [-0.2, -0.15) is 5.10 Å². The van der Waals surface area contributed by atoms with Crippen molar-refractivity contribution in [3.05, 3.63) is 66.4 Å². The van der Waals surface area contributed by atoms with Crippen molar-refractivity contribution in [3.63, 3.8) is 0 Å². The average Bonchev–Trinajstić information content (AvgIpc) is 3.04. The first-order valence-electron chi connectivity index (χ1n) is 7.15. The molecule has 4 rings (SSSR count). The Morgan fingerprint density at radius 2 is 1.77 bits per heavy atom. The van der Waals surface area contributed by atoms with E-state index in [1.54, 1.807) is 6.20 Å². The van der Waals surface area contributed by atoms with Gasteiger partial charge in [0, 0.05) is 11.8 Å². The Kier molecular flexibility index (Phi) is 2.93. The molecule has 0 bridgehead atoms. The summed E-state index contributed by atoms with van der Waals surface area (Å²) >= 11 is 0. The molecule has 4 nitrogen and oxygen atoms in total. The largest absolute Gasteiger partial charge is 0.259 e. The molecule has 22 heavy (non-hydrogen) atoms. The number of aryl methyl sites for hydroxylation is 1. The van der Waals surface area contributed by atoms with Crippen LogP contribution in [0.25, 0.3) is 33.7 Å². The van der Waals surface area contributed by atoms with Crippen LogP contribution in [0.15, 0.2) is 60.8 Å². The van der Waals surface area contributed by atoms with Gasteiger partial charge in [-0.3, -0.25) is 10.1 Å². The summed E-state index contributed by atoms with van der Waals surface area (Å²) in [7, 11) is 0. The minimum absolute atomic E-state index is 0.626. The minimum Gasteiger partial charge on any atom is -0.259 e. The molecule has 2 aromatic carbocycles. The van der Waals surface area contributed by atoms with Gasteiger partial charge in [0.15, 0.2) is 11.6 Å². The smallest absolute Gasteiger partial charge is 0.200 e. The molecule has 1 N–H and O–H groups in total. The van der Waals surface area contributed by atoms with E-state index in [2.05, 4.69) is 44.4 Å². The van der Waals surface area contributed by atoms with Gasteiger partial charge in [-0.15, -0.1) is 0 Å². The van der Waals surface area contributed by atoms with Gasteiger partial charge in [0.05, 0.1) is 0 Å². The van der Waals surface area contributed by atoms with Gasteiger partial charge < -0.3 is 0 Å². The molecule has 0 fully saturated rings. The first kappa shape index (κ1) is 12.7.